The molecule has 1 saturated heterocycles. The Morgan fingerprint density at radius 1 is 1.06 bits per heavy atom. The molecule has 0 unspecified atom stereocenters. The molecule has 1 aromatic heterocycles. The van der Waals surface area contributed by atoms with Crippen molar-refractivity contribution in [1.29, 1.82) is 5.26 Å². The minimum Gasteiger partial charge on any atom is -0.366 e. The topological polar surface area (TPSA) is 72.6 Å². The second-order valence-corrected chi connectivity index (χ2v) is 9.69. The number of rotatable bonds is 6. The van der Waals surface area contributed by atoms with E-state index in [1.54, 1.807) is 27.7 Å². The van der Waals surface area contributed by atoms with Gasteiger partial charge >= 0.3 is 0 Å². The number of benzene rings is 2. The van der Waals surface area contributed by atoms with Gasteiger partial charge in [-0.25, -0.2) is 0 Å². The zero-order chi connectivity index (χ0) is 25.1. The number of fused-ring (bicyclic) bond motifs is 1. The van der Waals surface area contributed by atoms with Gasteiger partial charge in [0.15, 0.2) is 0 Å². The third-order valence-corrected chi connectivity index (χ3v) is 7.03. The smallest absolute Gasteiger partial charge is 0.271 e. The fraction of sp³-hybridized carbons (Fsp3) is 0.346. The molecule has 7 nitrogen and oxygen atoms in total. The normalized spacial score (nSPS) is 13.9. The molecule has 1 aliphatic rings. The van der Waals surface area contributed by atoms with Gasteiger partial charge < -0.3 is 19.3 Å². The maximum Gasteiger partial charge on any atom is 0.271 e. The molecule has 1 amide bonds. The van der Waals surface area contributed by atoms with Crippen LogP contribution in [0.1, 0.15) is 22.3 Å². The summed E-state index contributed by atoms with van der Waals surface area (Å²) in [5.41, 5.74) is 1.83. The molecule has 182 valence electrons. The predicted molar refractivity (Wildman–Crippen MR) is 141 cm³/mol. The van der Waals surface area contributed by atoms with Crippen molar-refractivity contribution in [2.24, 2.45) is 0 Å². The van der Waals surface area contributed by atoms with Gasteiger partial charge in [-0.2, -0.15) is 5.26 Å². The van der Waals surface area contributed by atoms with E-state index in [4.69, 9.17) is 23.2 Å². The fourth-order valence-corrected chi connectivity index (χ4v) is 4.83. The van der Waals surface area contributed by atoms with E-state index in [9.17, 15) is 14.9 Å². The van der Waals surface area contributed by atoms with Crippen LogP contribution in [-0.4, -0.2) is 67.1 Å². The van der Waals surface area contributed by atoms with E-state index in [0.29, 0.717) is 54.0 Å². The van der Waals surface area contributed by atoms with Crippen molar-refractivity contribution in [1.82, 2.24) is 14.4 Å². The van der Waals surface area contributed by atoms with E-state index in [2.05, 4.69) is 11.0 Å². The second-order valence-electron chi connectivity index (χ2n) is 8.87. The van der Waals surface area contributed by atoms with Crippen LogP contribution in [0, 0.1) is 11.3 Å². The maximum atomic E-state index is 13.4. The lowest BCUT2D eigenvalue weighted by Crippen LogP contribution is -2.49. The van der Waals surface area contributed by atoms with Crippen molar-refractivity contribution in [3.8, 4) is 6.07 Å². The average Bonchev–Trinajstić information content (AvgIpc) is 2.86. The number of piperazine rings is 1. The molecule has 0 spiro atoms. The summed E-state index contributed by atoms with van der Waals surface area (Å²) in [6, 6.07) is 14.8. The quantitative estimate of drug-likeness (QED) is 0.498. The largest absolute Gasteiger partial charge is 0.366 e. The number of carbonyl (C=O) groups excluding carboxylic acids is 1. The summed E-state index contributed by atoms with van der Waals surface area (Å²) in [7, 11) is 3.99. The van der Waals surface area contributed by atoms with Gasteiger partial charge in [-0.3, -0.25) is 9.59 Å². The molecule has 35 heavy (non-hydrogen) atoms. The van der Waals surface area contributed by atoms with Crippen molar-refractivity contribution in [2.45, 2.75) is 13.0 Å². The van der Waals surface area contributed by atoms with Gasteiger partial charge in [0, 0.05) is 43.7 Å². The highest BCUT2D eigenvalue weighted by Gasteiger charge is 2.27. The van der Waals surface area contributed by atoms with Gasteiger partial charge in [0.25, 0.3) is 11.5 Å². The number of hydrogen-bond donors (Lipinski definition) is 0. The van der Waals surface area contributed by atoms with Crippen LogP contribution in [0.3, 0.4) is 0 Å². The summed E-state index contributed by atoms with van der Waals surface area (Å²) >= 11 is 12.1. The van der Waals surface area contributed by atoms with E-state index in [-0.39, 0.29) is 17.0 Å². The molecular formula is C26H27Cl2N5O2. The SMILES string of the molecule is CN(C)CCCn1c(=O)c(C#N)c(N2CCN(C(=O)c3ccc(Cl)c(Cl)c3)CC2)c2ccccc21. The Morgan fingerprint density at radius 3 is 2.43 bits per heavy atom. The Bertz CT molecular complexity index is 1350. The summed E-state index contributed by atoms with van der Waals surface area (Å²) in [6.45, 7) is 3.33. The van der Waals surface area contributed by atoms with Crippen molar-refractivity contribution in [2.75, 3.05) is 51.7 Å². The predicted octanol–water partition coefficient (Wildman–Crippen LogP) is 4.09. The van der Waals surface area contributed by atoms with Gasteiger partial charge in [-0.05, 0) is 51.3 Å². The first-order valence-corrected chi connectivity index (χ1v) is 12.3. The van der Waals surface area contributed by atoms with E-state index in [1.165, 1.54) is 0 Å². The molecule has 0 saturated carbocycles. The first-order valence-electron chi connectivity index (χ1n) is 11.5. The average molecular weight is 512 g/mol. The molecule has 9 heteroatoms. The fourth-order valence-electron chi connectivity index (χ4n) is 4.53. The van der Waals surface area contributed by atoms with E-state index in [0.717, 1.165) is 23.9 Å². The van der Waals surface area contributed by atoms with Crippen molar-refractivity contribution in [3.63, 3.8) is 0 Å². The van der Waals surface area contributed by atoms with Gasteiger partial charge in [-0.1, -0.05) is 41.4 Å². The van der Waals surface area contributed by atoms with E-state index in [1.807, 2.05) is 43.3 Å². The Morgan fingerprint density at radius 2 is 1.77 bits per heavy atom. The third kappa shape index (κ3) is 5.15. The van der Waals surface area contributed by atoms with Crippen LogP contribution in [0.15, 0.2) is 47.3 Å². The summed E-state index contributed by atoms with van der Waals surface area (Å²) in [6.07, 6.45) is 0.802. The number of halogens is 2. The Balaban J connectivity index is 1.62. The highest BCUT2D eigenvalue weighted by Crippen LogP contribution is 2.30. The minimum atomic E-state index is -0.269. The summed E-state index contributed by atoms with van der Waals surface area (Å²) < 4.78 is 1.71. The number of para-hydroxylation sites is 1. The number of carbonyl (C=O) groups is 1. The highest BCUT2D eigenvalue weighted by molar-refractivity contribution is 6.42. The number of aromatic nitrogens is 1. The molecule has 0 radical (unpaired) electrons. The van der Waals surface area contributed by atoms with Crippen molar-refractivity contribution in [3.05, 3.63) is 74.0 Å². The first kappa shape index (κ1) is 25.1. The summed E-state index contributed by atoms with van der Waals surface area (Å²) in [5, 5.41) is 11.6. The number of nitriles is 1. The standard InChI is InChI=1S/C26H27Cl2N5O2/c1-30(2)10-5-11-33-23-7-4-3-6-19(23)24(20(17-29)26(33)35)31-12-14-32(15-13-31)25(34)18-8-9-21(27)22(28)16-18/h3-4,6-9,16H,5,10-15H2,1-2H3. The second kappa shape index (κ2) is 10.7. The van der Waals surface area contributed by atoms with Crippen LogP contribution in [0.5, 0.6) is 0 Å². The zero-order valence-corrected chi connectivity index (χ0v) is 21.3. The molecule has 1 fully saturated rings. The molecular weight excluding hydrogens is 485 g/mol. The molecule has 0 atom stereocenters. The molecule has 2 heterocycles. The van der Waals surface area contributed by atoms with Crippen molar-refractivity contribution >= 4 is 45.7 Å². The third-order valence-electron chi connectivity index (χ3n) is 6.29. The van der Waals surface area contributed by atoms with E-state index >= 15 is 0 Å². The lowest BCUT2D eigenvalue weighted by Gasteiger charge is -2.37. The lowest BCUT2D eigenvalue weighted by atomic mass is 10.1. The van der Waals surface area contributed by atoms with Crippen LogP contribution >= 0.6 is 23.2 Å². The number of pyridine rings is 1. The van der Waals surface area contributed by atoms with Crippen LogP contribution in [0.2, 0.25) is 10.0 Å². The van der Waals surface area contributed by atoms with E-state index < -0.39 is 0 Å². The minimum absolute atomic E-state index is 0.120. The first-order chi connectivity index (χ1) is 16.8. The van der Waals surface area contributed by atoms with Crippen molar-refractivity contribution < 1.29 is 4.79 Å². The molecule has 3 aromatic rings. The number of aryl methyl sites for hydroxylation is 1. The lowest BCUT2D eigenvalue weighted by molar-refractivity contribution is 0.0747. The number of anilines is 1. The van der Waals surface area contributed by atoms with Gasteiger partial charge in [0.05, 0.1) is 21.2 Å². The molecule has 0 N–H and O–H groups in total. The monoisotopic (exact) mass is 511 g/mol. The van der Waals surface area contributed by atoms with Crippen LogP contribution in [0.25, 0.3) is 10.9 Å². The molecule has 0 bridgehead atoms. The molecule has 4 rings (SSSR count). The Kier molecular flexibility index (Phi) is 7.66. The van der Waals surface area contributed by atoms with Crippen LogP contribution < -0.4 is 10.5 Å². The number of nitrogens with zero attached hydrogens (tertiary/aromatic N) is 5. The molecule has 0 aliphatic carbocycles. The molecule has 1 aliphatic heterocycles. The van der Waals surface area contributed by atoms with Crippen LogP contribution in [-0.2, 0) is 6.54 Å². The Labute approximate surface area is 214 Å². The number of hydrogen-bond acceptors (Lipinski definition) is 5. The molecule has 2 aromatic carbocycles. The van der Waals surface area contributed by atoms with Gasteiger partial charge in [-0.15, -0.1) is 0 Å². The zero-order valence-electron chi connectivity index (χ0n) is 19.8. The number of amides is 1. The Hall–Kier alpha value is -3.05. The highest BCUT2D eigenvalue weighted by atomic mass is 35.5. The van der Waals surface area contributed by atoms with Gasteiger partial charge in [0.1, 0.15) is 11.6 Å². The summed E-state index contributed by atoms with van der Waals surface area (Å²) in [4.78, 5) is 32.2. The maximum absolute atomic E-state index is 13.4. The summed E-state index contributed by atoms with van der Waals surface area (Å²) in [5.74, 6) is -0.120. The van der Waals surface area contributed by atoms with Crippen LogP contribution in [0.4, 0.5) is 5.69 Å². The van der Waals surface area contributed by atoms with Gasteiger partial charge in [0.2, 0.25) is 0 Å².